The Morgan fingerprint density at radius 3 is 2.68 bits per heavy atom. The van der Waals surface area contributed by atoms with Crippen molar-refractivity contribution in [3.8, 4) is 0 Å². The molecular formula is C15H23N3O. The lowest BCUT2D eigenvalue weighted by Crippen LogP contribution is -2.37. The largest absolute Gasteiger partial charge is 0.398 e. The first-order chi connectivity index (χ1) is 9.10. The Morgan fingerprint density at radius 1 is 1.42 bits per heavy atom. The third-order valence-electron chi connectivity index (χ3n) is 4.08. The van der Waals surface area contributed by atoms with Gasteiger partial charge in [0.25, 0.3) is 5.91 Å². The molecule has 1 aromatic heterocycles. The molecule has 0 aromatic carbocycles. The summed E-state index contributed by atoms with van der Waals surface area (Å²) in [6, 6.07) is 2.03. The van der Waals surface area contributed by atoms with E-state index >= 15 is 0 Å². The zero-order chi connectivity index (χ0) is 13.8. The molecule has 3 N–H and O–H groups in total. The van der Waals surface area contributed by atoms with Crippen molar-refractivity contribution < 1.29 is 4.79 Å². The number of hydrogen-bond acceptors (Lipinski definition) is 3. The van der Waals surface area contributed by atoms with E-state index in [2.05, 4.69) is 17.2 Å². The lowest BCUT2D eigenvalue weighted by Gasteiger charge is -2.28. The molecule has 4 nitrogen and oxygen atoms in total. The predicted octanol–water partition coefficient (Wildman–Crippen LogP) is 2.67. The van der Waals surface area contributed by atoms with E-state index in [9.17, 15) is 4.79 Å². The van der Waals surface area contributed by atoms with E-state index in [1.54, 1.807) is 12.3 Å². The molecule has 1 aromatic rings. The van der Waals surface area contributed by atoms with Crippen LogP contribution in [-0.4, -0.2) is 16.9 Å². The summed E-state index contributed by atoms with van der Waals surface area (Å²) in [6.45, 7) is 4.10. The molecule has 104 valence electrons. The third kappa shape index (κ3) is 3.46. The smallest absolute Gasteiger partial charge is 0.255 e. The van der Waals surface area contributed by atoms with Crippen molar-refractivity contribution in [2.75, 3.05) is 5.73 Å². The highest BCUT2D eigenvalue weighted by Crippen LogP contribution is 2.26. The number of carbonyl (C=O) groups is 1. The van der Waals surface area contributed by atoms with Crippen molar-refractivity contribution in [2.24, 2.45) is 5.92 Å². The minimum absolute atomic E-state index is 0.0926. The lowest BCUT2D eigenvalue weighted by atomic mass is 9.84. The van der Waals surface area contributed by atoms with Gasteiger partial charge in [-0.25, -0.2) is 0 Å². The van der Waals surface area contributed by atoms with Crippen LogP contribution in [0.25, 0.3) is 0 Å². The monoisotopic (exact) mass is 261 g/mol. The average molecular weight is 261 g/mol. The van der Waals surface area contributed by atoms with E-state index in [1.807, 2.05) is 6.92 Å². The molecular weight excluding hydrogens is 238 g/mol. The molecule has 0 bridgehead atoms. The summed E-state index contributed by atoms with van der Waals surface area (Å²) in [7, 11) is 0. The number of pyridine rings is 1. The number of anilines is 1. The molecule has 0 atom stereocenters. The van der Waals surface area contributed by atoms with Crippen molar-refractivity contribution in [3.05, 3.63) is 23.5 Å². The zero-order valence-corrected chi connectivity index (χ0v) is 11.8. The van der Waals surface area contributed by atoms with Gasteiger partial charge in [0.2, 0.25) is 0 Å². The van der Waals surface area contributed by atoms with Crippen LogP contribution in [0.3, 0.4) is 0 Å². The normalized spacial score (nSPS) is 23.1. The first kappa shape index (κ1) is 13.8. The first-order valence-corrected chi connectivity index (χ1v) is 7.13. The Balaban J connectivity index is 1.94. The van der Waals surface area contributed by atoms with Crippen LogP contribution in [0.2, 0.25) is 0 Å². The zero-order valence-electron chi connectivity index (χ0n) is 11.8. The van der Waals surface area contributed by atoms with E-state index in [0.29, 0.717) is 11.3 Å². The molecule has 1 heterocycles. The van der Waals surface area contributed by atoms with Gasteiger partial charge in [-0.3, -0.25) is 9.78 Å². The van der Waals surface area contributed by atoms with Gasteiger partial charge in [0.05, 0.1) is 5.56 Å². The molecule has 19 heavy (non-hydrogen) atoms. The SMILES string of the molecule is CCC1CCC(NC(=O)c2cnc(C)cc2N)CC1. The Labute approximate surface area is 114 Å². The fourth-order valence-corrected chi connectivity index (χ4v) is 2.75. The molecule has 0 radical (unpaired) electrons. The van der Waals surface area contributed by atoms with Gasteiger partial charge in [-0.05, 0) is 44.6 Å². The molecule has 1 aliphatic rings. The number of nitrogen functional groups attached to an aromatic ring is 1. The summed E-state index contributed by atoms with van der Waals surface area (Å²) >= 11 is 0. The number of carbonyl (C=O) groups excluding carboxylic acids is 1. The lowest BCUT2D eigenvalue weighted by molar-refractivity contribution is 0.0922. The van der Waals surface area contributed by atoms with E-state index in [4.69, 9.17) is 5.73 Å². The van der Waals surface area contributed by atoms with Crippen LogP contribution in [0, 0.1) is 12.8 Å². The number of aromatic nitrogens is 1. The summed E-state index contributed by atoms with van der Waals surface area (Å²) in [6.07, 6.45) is 7.38. The van der Waals surface area contributed by atoms with E-state index < -0.39 is 0 Å². The highest BCUT2D eigenvalue weighted by atomic mass is 16.1. The summed E-state index contributed by atoms with van der Waals surface area (Å²) in [4.78, 5) is 16.3. The maximum atomic E-state index is 12.2. The van der Waals surface area contributed by atoms with Crippen LogP contribution in [0.1, 0.15) is 55.1 Å². The number of hydrogen-bond donors (Lipinski definition) is 2. The Bertz CT molecular complexity index is 451. The second-order valence-corrected chi connectivity index (χ2v) is 5.51. The van der Waals surface area contributed by atoms with Gasteiger partial charge in [0.1, 0.15) is 0 Å². The van der Waals surface area contributed by atoms with Gasteiger partial charge in [-0.15, -0.1) is 0 Å². The number of nitrogens with two attached hydrogens (primary N) is 1. The molecule has 1 aliphatic carbocycles. The minimum atomic E-state index is -0.0926. The van der Waals surface area contributed by atoms with Gasteiger partial charge in [-0.1, -0.05) is 13.3 Å². The highest BCUT2D eigenvalue weighted by molar-refractivity contribution is 5.98. The predicted molar refractivity (Wildman–Crippen MR) is 76.9 cm³/mol. The van der Waals surface area contributed by atoms with Gasteiger partial charge >= 0.3 is 0 Å². The number of amides is 1. The molecule has 1 fully saturated rings. The van der Waals surface area contributed by atoms with Gasteiger partial charge in [0, 0.05) is 23.6 Å². The standard InChI is InChI=1S/C15H23N3O/c1-3-11-4-6-12(7-5-11)18-15(19)13-9-17-10(2)8-14(13)16/h8-9,11-12H,3-7H2,1-2H3,(H2,16,17)(H,18,19). The van der Waals surface area contributed by atoms with Crippen LogP contribution < -0.4 is 11.1 Å². The molecule has 0 saturated heterocycles. The van der Waals surface area contributed by atoms with E-state index in [-0.39, 0.29) is 11.9 Å². The Hall–Kier alpha value is -1.58. The summed E-state index contributed by atoms with van der Waals surface area (Å²) in [5.41, 5.74) is 7.70. The molecule has 0 spiro atoms. The van der Waals surface area contributed by atoms with Crippen molar-refractivity contribution in [3.63, 3.8) is 0 Å². The third-order valence-corrected chi connectivity index (χ3v) is 4.08. The number of nitrogens with one attached hydrogen (secondary N) is 1. The molecule has 1 saturated carbocycles. The molecule has 0 aliphatic heterocycles. The fourth-order valence-electron chi connectivity index (χ4n) is 2.75. The van der Waals surface area contributed by atoms with Crippen LogP contribution >= 0.6 is 0 Å². The topological polar surface area (TPSA) is 68.0 Å². The van der Waals surface area contributed by atoms with Crippen LogP contribution in [-0.2, 0) is 0 Å². The quantitative estimate of drug-likeness (QED) is 0.879. The Morgan fingerprint density at radius 2 is 2.11 bits per heavy atom. The van der Waals surface area contributed by atoms with Gasteiger partial charge in [-0.2, -0.15) is 0 Å². The van der Waals surface area contributed by atoms with Gasteiger partial charge < -0.3 is 11.1 Å². The summed E-state index contributed by atoms with van der Waals surface area (Å²) in [5, 5.41) is 3.08. The van der Waals surface area contributed by atoms with Crippen molar-refractivity contribution in [1.29, 1.82) is 0 Å². The number of nitrogens with zero attached hydrogens (tertiary/aromatic N) is 1. The molecule has 1 amide bonds. The summed E-state index contributed by atoms with van der Waals surface area (Å²) < 4.78 is 0. The van der Waals surface area contributed by atoms with Crippen LogP contribution in [0.15, 0.2) is 12.3 Å². The highest BCUT2D eigenvalue weighted by Gasteiger charge is 2.22. The van der Waals surface area contributed by atoms with Crippen molar-refractivity contribution in [1.82, 2.24) is 10.3 Å². The number of aryl methyl sites for hydroxylation is 1. The second-order valence-electron chi connectivity index (χ2n) is 5.51. The van der Waals surface area contributed by atoms with Gasteiger partial charge in [0.15, 0.2) is 0 Å². The van der Waals surface area contributed by atoms with Crippen LogP contribution in [0.5, 0.6) is 0 Å². The van der Waals surface area contributed by atoms with Crippen molar-refractivity contribution >= 4 is 11.6 Å². The second kappa shape index (κ2) is 6.04. The Kier molecular flexibility index (Phi) is 4.40. The minimum Gasteiger partial charge on any atom is -0.398 e. The van der Waals surface area contributed by atoms with E-state index in [0.717, 1.165) is 24.5 Å². The maximum absolute atomic E-state index is 12.2. The number of rotatable bonds is 3. The molecule has 0 unspecified atom stereocenters. The molecule has 2 rings (SSSR count). The fraction of sp³-hybridized carbons (Fsp3) is 0.600. The average Bonchev–Trinajstić information content (AvgIpc) is 2.39. The van der Waals surface area contributed by atoms with Crippen LogP contribution in [0.4, 0.5) is 5.69 Å². The first-order valence-electron chi connectivity index (χ1n) is 7.13. The summed E-state index contributed by atoms with van der Waals surface area (Å²) in [5.74, 6) is 0.740. The maximum Gasteiger partial charge on any atom is 0.255 e. The molecule has 4 heteroatoms. The van der Waals surface area contributed by atoms with E-state index in [1.165, 1.54) is 19.3 Å². The van der Waals surface area contributed by atoms with Crippen molar-refractivity contribution in [2.45, 2.75) is 52.0 Å².